The fourth-order valence-electron chi connectivity index (χ4n) is 3.45. The van der Waals surface area contributed by atoms with Gasteiger partial charge in [-0.05, 0) is 79.5 Å². The van der Waals surface area contributed by atoms with Crippen LogP contribution in [0.3, 0.4) is 0 Å². The first-order chi connectivity index (χ1) is 11.7. The highest BCUT2D eigenvalue weighted by Gasteiger charge is 2.21. The number of ether oxygens (including phenoxy) is 1. The number of hydrogen-bond acceptors (Lipinski definition) is 1. The van der Waals surface area contributed by atoms with Crippen LogP contribution in [-0.4, -0.2) is 6.61 Å². The lowest BCUT2D eigenvalue weighted by molar-refractivity contribution is 0.179. The molecule has 0 N–H and O–H groups in total. The van der Waals surface area contributed by atoms with Crippen molar-refractivity contribution in [1.29, 1.82) is 0 Å². The normalized spacial score (nSPS) is 20.8. The van der Waals surface area contributed by atoms with Gasteiger partial charge in [0, 0.05) is 10.0 Å². The molecule has 1 aliphatic rings. The van der Waals surface area contributed by atoms with Crippen molar-refractivity contribution in [2.75, 3.05) is 6.61 Å². The minimum absolute atomic E-state index is 0.687. The Labute approximate surface area is 154 Å². The Hall–Kier alpha value is -1.18. The lowest BCUT2D eigenvalue weighted by Crippen LogP contribution is -2.20. The minimum atomic E-state index is 0.687. The van der Waals surface area contributed by atoms with E-state index in [2.05, 4.69) is 12.1 Å². The third-order valence-corrected chi connectivity index (χ3v) is 5.52. The molecule has 0 aromatic heterocycles. The van der Waals surface area contributed by atoms with Crippen molar-refractivity contribution in [3.63, 3.8) is 0 Å². The van der Waals surface area contributed by atoms with Gasteiger partial charge < -0.3 is 4.74 Å². The molecule has 3 rings (SSSR count). The Kier molecular flexibility index (Phi) is 6.45. The van der Waals surface area contributed by atoms with Gasteiger partial charge in [0.2, 0.25) is 0 Å². The van der Waals surface area contributed by atoms with Crippen molar-refractivity contribution in [1.82, 2.24) is 0 Å². The molecule has 0 radical (unpaired) electrons. The van der Waals surface area contributed by atoms with Crippen molar-refractivity contribution in [2.24, 2.45) is 11.8 Å². The molecule has 0 amide bonds. The first-order valence-corrected chi connectivity index (χ1v) is 9.57. The van der Waals surface area contributed by atoms with E-state index in [1.807, 2.05) is 36.4 Å². The van der Waals surface area contributed by atoms with Gasteiger partial charge in [-0.3, -0.25) is 0 Å². The molecular weight excluding hydrogens is 339 g/mol. The molecule has 0 aliphatic heterocycles. The quantitative estimate of drug-likeness (QED) is 0.548. The highest BCUT2D eigenvalue weighted by atomic mass is 35.5. The van der Waals surface area contributed by atoms with Crippen LogP contribution in [0.5, 0.6) is 5.75 Å². The molecule has 24 heavy (non-hydrogen) atoms. The molecule has 0 spiro atoms. The molecule has 0 heterocycles. The van der Waals surface area contributed by atoms with Gasteiger partial charge in [0.1, 0.15) is 5.75 Å². The van der Waals surface area contributed by atoms with Gasteiger partial charge >= 0.3 is 0 Å². The molecule has 1 fully saturated rings. The average molecular weight is 363 g/mol. The second kappa shape index (κ2) is 8.78. The van der Waals surface area contributed by atoms with E-state index in [-0.39, 0.29) is 0 Å². The van der Waals surface area contributed by atoms with Gasteiger partial charge in [-0.25, -0.2) is 0 Å². The van der Waals surface area contributed by atoms with E-state index >= 15 is 0 Å². The number of hydrogen-bond donors (Lipinski definition) is 0. The Morgan fingerprint density at radius 2 is 1.29 bits per heavy atom. The molecule has 3 heteroatoms. The molecule has 2 aromatic carbocycles. The van der Waals surface area contributed by atoms with Crippen molar-refractivity contribution >= 4 is 23.2 Å². The van der Waals surface area contributed by atoms with Crippen molar-refractivity contribution in [3.8, 4) is 5.75 Å². The fraction of sp³-hybridized carbons (Fsp3) is 0.429. The highest BCUT2D eigenvalue weighted by Crippen LogP contribution is 2.32. The summed E-state index contributed by atoms with van der Waals surface area (Å²) in [4.78, 5) is 0. The maximum atomic E-state index is 5.94. The zero-order valence-corrected chi connectivity index (χ0v) is 15.4. The van der Waals surface area contributed by atoms with Crippen LogP contribution < -0.4 is 4.74 Å². The van der Waals surface area contributed by atoms with Gasteiger partial charge in [-0.2, -0.15) is 0 Å². The molecule has 2 aromatic rings. The maximum absolute atomic E-state index is 5.94. The van der Waals surface area contributed by atoms with Gasteiger partial charge in [-0.15, -0.1) is 0 Å². The van der Waals surface area contributed by atoms with Crippen LogP contribution in [0.15, 0.2) is 48.5 Å². The summed E-state index contributed by atoms with van der Waals surface area (Å²) in [5.74, 6) is 2.46. The Morgan fingerprint density at radius 1 is 0.750 bits per heavy atom. The minimum Gasteiger partial charge on any atom is -0.493 e. The van der Waals surface area contributed by atoms with Gasteiger partial charge in [-0.1, -0.05) is 48.2 Å². The number of benzene rings is 2. The van der Waals surface area contributed by atoms with E-state index in [0.717, 1.165) is 34.7 Å². The van der Waals surface area contributed by atoms with Crippen LogP contribution in [0.2, 0.25) is 10.0 Å². The molecular formula is C21H24Cl2O. The van der Waals surface area contributed by atoms with Gasteiger partial charge in [0.05, 0.1) is 6.61 Å². The largest absolute Gasteiger partial charge is 0.493 e. The van der Waals surface area contributed by atoms with Crippen LogP contribution in [-0.2, 0) is 6.42 Å². The average Bonchev–Trinajstić information content (AvgIpc) is 2.62. The molecule has 0 unspecified atom stereocenters. The summed E-state index contributed by atoms with van der Waals surface area (Å²) in [6, 6.07) is 15.9. The highest BCUT2D eigenvalue weighted by molar-refractivity contribution is 6.30. The molecule has 128 valence electrons. The predicted octanol–water partition coefficient (Wildman–Crippen LogP) is 6.81. The van der Waals surface area contributed by atoms with Crippen LogP contribution in [0, 0.1) is 11.8 Å². The first kappa shape index (κ1) is 17.6. The zero-order valence-electron chi connectivity index (χ0n) is 13.9. The van der Waals surface area contributed by atoms with Crippen molar-refractivity contribution in [3.05, 3.63) is 64.1 Å². The monoisotopic (exact) mass is 362 g/mol. The van der Waals surface area contributed by atoms with E-state index in [1.165, 1.54) is 37.7 Å². The van der Waals surface area contributed by atoms with E-state index in [9.17, 15) is 0 Å². The Morgan fingerprint density at radius 3 is 1.92 bits per heavy atom. The fourth-order valence-corrected chi connectivity index (χ4v) is 3.71. The van der Waals surface area contributed by atoms with Crippen LogP contribution in [0.25, 0.3) is 0 Å². The number of rotatable bonds is 6. The third-order valence-electron chi connectivity index (χ3n) is 5.02. The summed E-state index contributed by atoms with van der Waals surface area (Å²) in [7, 11) is 0. The standard InChI is InChI=1S/C21H24Cl2O/c22-19-9-7-17(8-10-19)2-1-16-3-5-18(6-4-16)15-24-21-13-11-20(23)12-14-21/h7-14,16,18H,1-6,15H2. The smallest absolute Gasteiger partial charge is 0.119 e. The van der Waals surface area contributed by atoms with Gasteiger partial charge in [0.15, 0.2) is 0 Å². The SMILES string of the molecule is Clc1ccc(CCC2CCC(COc3ccc(Cl)cc3)CC2)cc1. The molecule has 0 bridgehead atoms. The Bertz CT molecular complexity index is 556. The first-order valence-electron chi connectivity index (χ1n) is 8.82. The number of aryl methyl sites for hydroxylation is 1. The van der Waals surface area contributed by atoms with E-state index in [4.69, 9.17) is 27.9 Å². The zero-order chi connectivity index (χ0) is 16.8. The predicted molar refractivity (Wildman–Crippen MR) is 102 cm³/mol. The van der Waals surface area contributed by atoms with E-state index < -0.39 is 0 Å². The van der Waals surface area contributed by atoms with Crippen molar-refractivity contribution < 1.29 is 4.74 Å². The van der Waals surface area contributed by atoms with Crippen LogP contribution in [0.1, 0.15) is 37.7 Å². The lowest BCUT2D eigenvalue weighted by atomic mass is 9.80. The molecule has 1 aliphatic carbocycles. The topological polar surface area (TPSA) is 9.23 Å². The summed E-state index contributed by atoms with van der Waals surface area (Å²) in [5, 5.41) is 1.57. The lowest BCUT2D eigenvalue weighted by Gasteiger charge is -2.28. The summed E-state index contributed by atoms with van der Waals surface area (Å²) >= 11 is 11.8. The Balaban J connectivity index is 1.36. The molecule has 1 saturated carbocycles. The second-order valence-corrected chi connectivity index (χ2v) is 7.69. The third kappa shape index (κ3) is 5.43. The summed E-state index contributed by atoms with van der Waals surface area (Å²) in [6.45, 7) is 0.825. The molecule has 0 atom stereocenters. The second-order valence-electron chi connectivity index (χ2n) is 6.82. The van der Waals surface area contributed by atoms with Gasteiger partial charge in [0.25, 0.3) is 0 Å². The maximum Gasteiger partial charge on any atom is 0.119 e. The van der Waals surface area contributed by atoms with Crippen LogP contribution >= 0.6 is 23.2 Å². The van der Waals surface area contributed by atoms with E-state index in [0.29, 0.717) is 5.92 Å². The summed E-state index contributed by atoms with van der Waals surface area (Å²) in [6.07, 6.45) is 7.64. The van der Waals surface area contributed by atoms with E-state index in [1.54, 1.807) is 0 Å². The summed E-state index contributed by atoms with van der Waals surface area (Å²) < 4.78 is 5.91. The summed E-state index contributed by atoms with van der Waals surface area (Å²) in [5.41, 5.74) is 1.40. The number of halogens is 2. The van der Waals surface area contributed by atoms with Crippen molar-refractivity contribution in [2.45, 2.75) is 38.5 Å². The van der Waals surface area contributed by atoms with Crippen LogP contribution in [0.4, 0.5) is 0 Å². The molecule has 1 nitrogen and oxygen atoms in total. The molecule has 0 saturated heterocycles.